The molecular formula is C19H17F4NO3. The van der Waals surface area contributed by atoms with Crippen molar-refractivity contribution in [3.63, 3.8) is 0 Å². The lowest BCUT2D eigenvalue weighted by atomic mass is 10.0. The molecule has 1 aromatic carbocycles. The van der Waals surface area contributed by atoms with E-state index in [9.17, 15) is 22.4 Å². The Labute approximate surface area is 153 Å². The maximum atomic E-state index is 14.5. The molecule has 0 spiro atoms. The molecule has 0 unspecified atom stereocenters. The molecule has 0 saturated heterocycles. The molecule has 8 heteroatoms. The van der Waals surface area contributed by atoms with Crippen LogP contribution in [-0.2, 0) is 4.74 Å². The average Bonchev–Trinajstić information content (AvgIpc) is 3.46. The highest BCUT2D eigenvalue weighted by Gasteiger charge is 2.39. The van der Waals surface area contributed by atoms with Gasteiger partial charge < -0.3 is 9.47 Å². The van der Waals surface area contributed by atoms with Gasteiger partial charge in [-0.25, -0.2) is 9.18 Å². The van der Waals surface area contributed by atoms with Crippen LogP contribution in [0.4, 0.5) is 17.6 Å². The topological polar surface area (TPSA) is 48.4 Å². The van der Waals surface area contributed by atoms with E-state index in [0.717, 1.165) is 44.6 Å². The van der Waals surface area contributed by atoms with Gasteiger partial charge in [0.05, 0.1) is 12.8 Å². The second-order valence-electron chi connectivity index (χ2n) is 6.37. The highest BCUT2D eigenvalue weighted by Crippen LogP contribution is 2.40. The minimum absolute atomic E-state index is 0.0608. The smallest absolute Gasteiger partial charge is 0.425 e. The fourth-order valence-corrected chi connectivity index (χ4v) is 2.60. The molecule has 1 fully saturated rings. The minimum atomic E-state index is -4.65. The number of rotatable bonds is 5. The summed E-state index contributed by atoms with van der Waals surface area (Å²) >= 11 is 0. The van der Waals surface area contributed by atoms with Gasteiger partial charge in [0.25, 0.3) is 0 Å². The fourth-order valence-electron chi connectivity index (χ4n) is 2.60. The third-order valence-corrected chi connectivity index (χ3v) is 4.35. The number of pyridine rings is 1. The van der Waals surface area contributed by atoms with Crippen molar-refractivity contribution < 1.29 is 31.8 Å². The van der Waals surface area contributed by atoms with Crippen molar-refractivity contribution in [2.24, 2.45) is 0 Å². The molecule has 2 aromatic rings. The van der Waals surface area contributed by atoms with Crippen LogP contribution in [0, 0.1) is 5.82 Å². The van der Waals surface area contributed by atoms with Crippen molar-refractivity contribution in [2.45, 2.75) is 38.0 Å². The van der Waals surface area contributed by atoms with Gasteiger partial charge in [-0.05, 0) is 49.4 Å². The number of methoxy groups -OCH3 is 1. The largest absolute Gasteiger partial charge is 0.480 e. The van der Waals surface area contributed by atoms with Crippen molar-refractivity contribution in [1.29, 1.82) is 0 Å². The van der Waals surface area contributed by atoms with Gasteiger partial charge in [0.15, 0.2) is 6.10 Å². The number of carbonyl (C=O) groups excluding carboxylic acids is 1. The van der Waals surface area contributed by atoms with Crippen molar-refractivity contribution in [1.82, 2.24) is 4.98 Å². The maximum absolute atomic E-state index is 14.5. The van der Waals surface area contributed by atoms with E-state index < -0.39 is 35.4 Å². The summed E-state index contributed by atoms with van der Waals surface area (Å²) in [5, 5.41) is 0. The van der Waals surface area contributed by atoms with Gasteiger partial charge in [0, 0.05) is 11.8 Å². The number of alkyl halides is 3. The van der Waals surface area contributed by atoms with E-state index in [0.29, 0.717) is 5.92 Å². The van der Waals surface area contributed by atoms with E-state index in [4.69, 9.17) is 4.74 Å². The first kappa shape index (κ1) is 19.1. The van der Waals surface area contributed by atoms with Crippen LogP contribution in [0.5, 0.6) is 5.75 Å². The number of benzene rings is 1. The van der Waals surface area contributed by atoms with Gasteiger partial charge >= 0.3 is 12.1 Å². The summed E-state index contributed by atoms with van der Waals surface area (Å²) in [7, 11) is 1.04. The van der Waals surface area contributed by atoms with E-state index >= 15 is 0 Å². The second kappa shape index (κ2) is 7.17. The number of ether oxygens (including phenoxy) is 2. The van der Waals surface area contributed by atoms with Crippen LogP contribution in [0.25, 0.3) is 11.3 Å². The number of esters is 1. The fraction of sp³-hybridized carbons (Fsp3) is 0.368. The summed E-state index contributed by atoms with van der Waals surface area (Å²) in [6.45, 7) is 0.798. The molecule has 0 radical (unpaired) electrons. The third kappa shape index (κ3) is 4.20. The molecule has 1 saturated carbocycles. The van der Waals surface area contributed by atoms with Gasteiger partial charge in [-0.3, -0.25) is 4.98 Å². The number of halogens is 4. The van der Waals surface area contributed by atoms with Crippen LogP contribution in [0.2, 0.25) is 0 Å². The second-order valence-corrected chi connectivity index (χ2v) is 6.37. The van der Waals surface area contributed by atoms with Gasteiger partial charge in [0.1, 0.15) is 17.1 Å². The summed E-state index contributed by atoms with van der Waals surface area (Å²) in [5.74, 6) is -1.77. The first-order chi connectivity index (χ1) is 12.7. The first-order valence-electron chi connectivity index (χ1n) is 8.32. The molecule has 1 aliphatic carbocycles. The van der Waals surface area contributed by atoms with Crippen molar-refractivity contribution in [2.75, 3.05) is 7.11 Å². The lowest BCUT2D eigenvalue weighted by Gasteiger charge is -2.20. The molecule has 27 heavy (non-hydrogen) atoms. The standard InChI is InChI=1S/C19H17F4NO3/c1-10(19(21,22)23)27-17-8-13(15(20)7-14(17)18(25)26-2)16-6-5-12(9-24-16)11-3-4-11/h5-11H,3-4H2,1-2H3/t10-/m0/s1. The van der Waals surface area contributed by atoms with Crippen LogP contribution in [-0.4, -0.2) is 30.3 Å². The number of nitrogens with zero attached hydrogens (tertiary/aromatic N) is 1. The normalized spacial score (nSPS) is 15.3. The Balaban J connectivity index is 2.01. The van der Waals surface area contributed by atoms with Crippen LogP contribution >= 0.6 is 0 Å². The van der Waals surface area contributed by atoms with Crippen LogP contribution in [0.3, 0.4) is 0 Å². The van der Waals surface area contributed by atoms with Gasteiger partial charge in [-0.2, -0.15) is 13.2 Å². The molecule has 4 nitrogen and oxygen atoms in total. The Bertz CT molecular complexity index is 845. The molecule has 1 aliphatic rings. The summed E-state index contributed by atoms with van der Waals surface area (Å²) in [6, 6.07) is 5.26. The zero-order chi connectivity index (χ0) is 19.8. The Morgan fingerprint density at radius 3 is 2.48 bits per heavy atom. The van der Waals surface area contributed by atoms with E-state index in [1.807, 2.05) is 6.07 Å². The molecule has 0 bridgehead atoms. The number of carbonyl (C=O) groups is 1. The molecule has 0 N–H and O–H groups in total. The highest BCUT2D eigenvalue weighted by atomic mass is 19.4. The first-order valence-corrected chi connectivity index (χ1v) is 8.32. The van der Waals surface area contributed by atoms with Crippen LogP contribution in [0.15, 0.2) is 30.5 Å². The van der Waals surface area contributed by atoms with Gasteiger partial charge in [-0.15, -0.1) is 0 Å². The highest BCUT2D eigenvalue weighted by molar-refractivity contribution is 5.93. The molecular weight excluding hydrogens is 366 g/mol. The van der Waals surface area contributed by atoms with Crippen LogP contribution in [0.1, 0.15) is 41.6 Å². The summed E-state index contributed by atoms with van der Waals surface area (Å²) in [5.41, 5.74) is 0.782. The summed E-state index contributed by atoms with van der Waals surface area (Å²) in [6.07, 6.45) is -3.05. The van der Waals surface area contributed by atoms with E-state index in [-0.39, 0.29) is 11.3 Å². The molecule has 3 rings (SSSR count). The van der Waals surface area contributed by atoms with E-state index in [2.05, 4.69) is 9.72 Å². The summed E-state index contributed by atoms with van der Waals surface area (Å²) < 4.78 is 62.5. The lowest BCUT2D eigenvalue weighted by Crippen LogP contribution is -2.31. The van der Waals surface area contributed by atoms with Crippen LogP contribution < -0.4 is 4.74 Å². The van der Waals surface area contributed by atoms with Crippen molar-refractivity contribution >= 4 is 5.97 Å². The predicted octanol–water partition coefficient (Wildman–Crippen LogP) is 4.88. The molecule has 0 aliphatic heterocycles. The lowest BCUT2D eigenvalue weighted by molar-refractivity contribution is -0.189. The minimum Gasteiger partial charge on any atom is -0.480 e. The Morgan fingerprint density at radius 2 is 1.96 bits per heavy atom. The zero-order valence-corrected chi connectivity index (χ0v) is 14.6. The van der Waals surface area contributed by atoms with Gasteiger partial charge in [0.2, 0.25) is 0 Å². The molecule has 144 valence electrons. The van der Waals surface area contributed by atoms with Crippen molar-refractivity contribution in [3.05, 3.63) is 47.4 Å². The Morgan fingerprint density at radius 1 is 1.26 bits per heavy atom. The van der Waals surface area contributed by atoms with Gasteiger partial charge in [-0.1, -0.05) is 6.07 Å². The summed E-state index contributed by atoms with van der Waals surface area (Å²) in [4.78, 5) is 16.0. The number of hydrogen-bond donors (Lipinski definition) is 0. The average molecular weight is 383 g/mol. The monoisotopic (exact) mass is 383 g/mol. The van der Waals surface area contributed by atoms with Crippen molar-refractivity contribution in [3.8, 4) is 17.0 Å². The maximum Gasteiger partial charge on any atom is 0.425 e. The number of aromatic nitrogens is 1. The quantitative estimate of drug-likeness (QED) is 0.545. The Hall–Kier alpha value is -2.64. The molecule has 1 heterocycles. The predicted molar refractivity (Wildman–Crippen MR) is 89.1 cm³/mol. The van der Waals surface area contributed by atoms with E-state index in [1.165, 1.54) is 0 Å². The third-order valence-electron chi connectivity index (χ3n) is 4.35. The van der Waals surface area contributed by atoms with E-state index in [1.54, 1.807) is 12.3 Å². The SMILES string of the molecule is COC(=O)c1cc(F)c(-c2ccc(C3CC3)cn2)cc1O[C@@H](C)C(F)(F)F. The molecule has 1 aromatic heterocycles. The number of hydrogen-bond acceptors (Lipinski definition) is 4. The zero-order valence-electron chi connectivity index (χ0n) is 14.6. The Kier molecular flexibility index (Phi) is 5.08. The molecule has 1 atom stereocenters. The molecule has 0 amide bonds.